The molecule has 3 N–H and O–H groups in total. The molecule has 4 rings (SSSR count). The molecule has 0 aromatic heterocycles. The average Bonchev–Trinajstić information content (AvgIpc) is 3.60. The summed E-state index contributed by atoms with van der Waals surface area (Å²) in [5.74, 6) is -3.21. The normalized spacial score (nSPS) is 24.8. The minimum absolute atomic E-state index is 0.0000908. The summed E-state index contributed by atoms with van der Waals surface area (Å²) in [6.45, 7) is 5.08. The van der Waals surface area contributed by atoms with Gasteiger partial charge >= 0.3 is 5.97 Å². The number of nitrogens with one attached hydrogen (secondary N) is 2. The average molecular weight is 648 g/mol. The molecule has 3 aliphatic rings. The molecule has 3 fully saturated rings. The Balaban J connectivity index is 1.55. The number of ether oxygens (including phenoxy) is 1. The molecular weight excluding hydrogens is 604 g/mol. The number of benzene rings is 1. The number of aliphatic carboxylic acids is 1. The third-order valence-electron chi connectivity index (χ3n) is 9.25. The van der Waals surface area contributed by atoms with Crippen LogP contribution < -0.4 is 15.4 Å². The van der Waals surface area contributed by atoms with Crippen LogP contribution in [0.1, 0.15) is 85.0 Å². The second-order valence-electron chi connectivity index (χ2n) is 12.8. The molecule has 230 valence electrons. The fourth-order valence-electron chi connectivity index (χ4n) is 6.70. The van der Waals surface area contributed by atoms with Gasteiger partial charge in [-0.15, -0.1) is 0 Å². The number of amides is 2. The Hall–Kier alpha value is -2.75. The maximum absolute atomic E-state index is 14.2. The summed E-state index contributed by atoms with van der Waals surface area (Å²) < 4.78 is 7.04. The van der Waals surface area contributed by atoms with Crippen LogP contribution in [-0.2, 0) is 24.0 Å². The second-order valence-corrected chi connectivity index (χ2v) is 13.7. The van der Waals surface area contributed by atoms with Crippen molar-refractivity contribution in [3.8, 4) is 5.75 Å². The molecule has 3 saturated carbocycles. The molecule has 0 aliphatic heterocycles. The van der Waals surface area contributed by atoms with Crippen LogP contribution in [0.4, 0.5) is 0 Å². The minimum Gasteiger partial charge on any atom is -0.490 e. The van der Waals surface area contributed by atoms with Crippen molar-refractivity contribution < 1.29 is 33.8 Å². The molecule has 5 atom stereocenters. The molecular formula is C32H43BrN2O7. The van der Waals surface area contributed by atoms with Gasteiger partial charge in [-0.1, -0.05) is 55.1 Å². The van der Waals surface area contributed by atoms with Crippen LogP contribution in [0.25, 0.3) is 0 Å². The van der Waals surface area contributed by atoms with Crippen LogP contribution in [0.2, 0.25) is 0 Å². The smallest absolute Gasteiger partial charge is 0.310 e. The van der Waals surface area contributed by atoms with Crippen LogP contribution in [0.15, 0.2) is 28.7 Å². The molecule has 10 heteroatoms. The van der Waals surface area contributed by atoms with Gasteiger partial charge < -0.3 is 20.5 Å². The molecule has 0 spiro atoms. The van der Waals surface area contributed by atoms with Crippen LogP contribution in [0.3, 0.4) is 0 Å². The van der Waals surface area contributed by atoms with Gasteiger partial charge in [-0.25, -0.2) is 0 Å². The molecule has 0 saturated heterocycles. The summed E-state index contributed by atoms with van der Waals surface area (Å²) in [5, 5.41) is 15.5. The molecule has 1 aromatic rings. The Morgan fingerprint density at radius 1 is 1.02 bits per heavy atom. The summed E-state index contributed by atoms with van der Waals surface area (Å²) in [5.41, 5.74) is -1.04. The molecule has 0 bridgehead atoms. The monoisotopic (exact) mass is 646 g/mol. The Labute approximate surface area is 256 Å². The zero-order valence-electron chi connectivity index (χ0n) is 24.7. The maximum atomic E-state index is 14.2. The van der Waals surface area contributed by atoms with Gasteiger partial charge in [-0.2, -0.15) is 0 Å². The zero-order chi connectivity index (χ0) is 30.6. The van der Waals surface area contributed by atoms with Crippen LogP contribution in [0, 0.1) is 29.1 Å². The van der Waals surface area contributed by atoms with E-state index in [4.69, 9.17) is 4.74 Å². The van der Waals surface area contributed by atoms with E-state index in [0.29, 0.717) is 31.4 Å². The van der Waals surface area contributed by atoms with Gasteiger partial charge in [-0.3, -0.25) is 24.0 Å². The topological polar surface area (TPSA) is 139 Å². The number of carboxylic acid groups (broad SMARTS) is 1. The lowest BCUT2D eigenvalue weighted by atomic mass is 9.79. The Bertz CT molecular complexity index is 1190. The van der Waals surface area contributed by atoms with Crippen molar-refractivity contribution in [2.45, 2.75) is 103 Å². The molecule has 0 radical (unpaired) electrons. The first-order valence-electron chi connectivity index (χ1n) is 15.2. The lowest BCUT2D eigenvalue weighted by molar-refractivity contribution is -0.146. The predicted octanol–water partition coefficient (Wildman–Crippen LogP) is 4.84. The minimum atomic E-state index is -1.04. The van der Waals surface area contributed by atoms with E-state index >= 15 is 0 Å². The van der Waals surface area contributed by atoms with E-state index in [9.17, 15) is 29.1 Å². The number of Topliss-reactive ketones (excluding diaryl/α,β-unsaturated/α-hetero) is 2. The first kappa shape index (κ1) is 32.2. The fourth-order valence-corrected chi connectivity index (χ4v) is 7.07. The summed E-state index contributed by atoms with van der Waals surface area (Å²) in [6.07, 6.45) is 5.71. The molecule has 3 aliphatic carbocycles. The zero-order valence-corrected chi connectivity index (χ0v) is 26.3. The van der Waals surface area contributed by atoms with Crippen molar-refractivity contribution in [2.75, 3.05) is 0 Å². The van der Waals surface area contributed by atoms with Crippen molar-refractivity contribution in [2.24, 2.45) is 29.1 Å². The number of carboxylic acids is 1. The molecule has 1 unspecified atom stereocenters. The largest absolute Gasteiger partial charge is 0.490 e. The Kier molecular flexibility index (Phi) is 10.5. The number of hydrogen-bond acceptors (Lipinski definition) is 6. The quantitative estimate of drug-likeness (QED) is 0.279. The number of rotatable bonds is 13. The van der Waals surface area contributed by atoms with Crippen molar-refractivity contribution >= 4 is 45.3 Å². The van der Waals surface area contributed by atoms with Crippen molar-refractivity contribution in [3.05, 3.63) is 28.7 Å². The lowest BCUT2D eigenvalue weighted by Crippen LogP contribution is -2.56. The first-order chi connectivity index (χ1) is 19.9. The molecule has 42 heavy (non-hydrogen) atoms. The van der Waals surface area contributed by atoms with E-state index < -0.39 is 41.4 Å². The van der Waals surface area contributed by atoms with Gasteiger partial charge in [0.25, 0.3) is 0 Å². The third-order valence-corrected chi connectivity index (χ3v) is 9.74. The van der Waals surface area contributed by atoms with E-state index in [0.717, 1.165) is 36.6 Å². The van der Waals surface area contributed by atoms with E-state index in [1.54, 1.807) is 0 Å². The van der Waals surface area contributed by atoms with Gasteiger partial charge in [-0.05, 0) is 68.6 Å². The van der Waals surface area contributed by atoms with Gasteiger partial charge in [0.15, 0.2) is 5.78 Å². The molecule has 9 nitrogen and oxygen atoms in total. The highest BCUT2D eigenvalue weighted by molar-refractivity contribution is 9.10. The molecule has 2 amide bonds. The van der Waals surface area contributed by atoms with Gasteiger partial charge in [0.1, 0.15) is 23.7 Å². The summed E-state index contributed by atoms with van der Waals surface area (Å²) in [4.78, 5) is 65.3. The molecule has 0 heterocycles. The SMILES string of the molecule is CC(=O)N[C@H](C(=O)N[C@H](C(=O)C1C[C@H](Oc2cccc(Br)c2)C[C@H]1C(=O)CC1(C(=O)O)CC1)C(C)C)C1CCCCC1. The second kappa shape index (κ2) is 13.7. The number of carbonyl (C=O) groups is 5. The highest BCUT2D eigenvalue weighted by atomic mass is 79.9. The summed E-state index contributed by atoms with van der Waals surface area (Å²) in [7, 11) is 0. The number of ketones is 2. The number of hydrogen-bond donors (Lipinski definition) is 3. The first-order valence-corrected chi connectivity index (χ1v) is 16.0. The van der Waals surface area contributed by atoms with E-state index in [1.807, 2.05) is 38.1 Å². The third kappa shape index (κ3) is 7.79. The van der Waals surface area contributed by atoms with E-state index in [2.05, 4.69) is 26.6 Å². The van der Waals surface area contributed by atoms with E-state index in [1.165, 1.54) is 6.92 Å². The highest BCUT2D eigenvalue weighted by Crippen LogP contribution is 2.51. The Morgan fingerprint density at radius 2 is 1.69 bits per heavy atom. The maximum Gasteiger partial charge on any atom is 0.310 e. The Morgan fingerprint density at radius 3 is 2.26 bits per heavy atom. The molecule has 1 aromatic carbocycles. The predicted molar refractivity (Wildman–Crippen MR) is 160 cm³/mol. The number of halogens is 1. The van der Waals surface area contributed by atoms with Gasteiger partial charge in [0, 0.05) is 29.7 Å². The number of carbonyl (C=O) groups excluding carboxylic acids is 4. The fraction of sp³-hybridized carbons (Fsp3) is 0.656. The van der Waals surface area contributed by atoms with Crippen molar-refractivity contribution in [1.29, 1.82) is 0 Å². The summed E-state index contributed by atoms with van der Waals surface area (Å²) >= 11 is 3.44. The van der Waals surface area contributed by atoms with Crippen molar-refractivity contribution in [1.82, 2.24) is 10.6 Å². The van der Waals surface area contributed by atoms with Crippen LogP contribution in [-0.4, -0.2) is 52.6 Å². The van der Waals surface area contributed by atoms with Crippen molar-refractivity contribution in [3.63, 3.8) is 0 Å². The highest BCUT2D eigenvalue weighted by Gasteiger charge is 2.54. The van der Waals surface area contributed by atoms with Crippen LogP contribution >= 0.6 is 15.9 Å². The van der Waals surface area contributed by atoms with Gasteiger partial charge in [0.05, 0.1) is 11.5 Å². The lowest BCUT2D eigenvalue weighted by Gasteiger charge is -2.32. The van der Waals surface area contributed by atoms with Gasteiger partial charge in [0.2, 0.25) is 11.8 Å². The van der Waals surface area contributed by atoms with Crippen LogP contribution in [0.5, 0.6) is 5.75 Å². The van der Waals surface area contributed by atoms with E-state index in [-0.39, 0.29) is 41.6 Å². The standard InChI is InChI=1S/C32H43BrN2O7/c1-18(2)27(35-30(39)28(34-19(3)36)20-8-5-4-6-9-20)29(38)25-16-23(42-22-11-7-10-21(33)14-22)15-24(25)26(37)17-32(12-13-32)31(40)41/h7,10-11,14,18,20,23-25,27-28H,4-6,8-9,12-13,15-17H2,1-3H3,(H,34,36)(H,35,39)(H,40,41)/t23-,24-,25?,27+,28+/m1/s1. The summed E-state index contributed by atoms with van der Waals surface area (Å²) in [6, 6.07) is 5.75.